The zero-order valence-corrected chi connectivity index (χ0v) is 17.5. The molecule has 9 heteroatoms. The Morgan fingerprint density at radius 2 is 1.87 bits per heavy atom. The maximum atomic E-state index is 13.6. The monoisotopic (exact) mass is 433 g/mol. The minimum absolute atomic E-state index is 0.0812. The molecule has 0 radical (unpaired) electrons. The van der Waals surface area contributed by atoms with Gasteiger partial charge in [0.15, 0.2) is 0 Å². The van der Waals surface area contributed by atoms with Crippen LogP contribution in [-0.4, -0.2) is 36.2 Å². The Hall–Kier alpha value is -3.10. The molecule has 0 aliphatic carbocycles. The SMILES string of the molecule is CC(=O)NCC1(C)CCN(c2ccc(C(F)(F)F)c(C(=N)c3ccccc3N)n2)CC1. The lowest BCUT2D eigenvalue weighted by atomic mass is 9.80. The molecule has 2 heterocycles. The number of rotatable bonds is 5. The molecular weight excluding hydrogens is 407 g/mol. The fourth-order valence-corrected chi connectivity index (χ4v) is 3.69. The Kier molecular flexibility index (Phi) is 6.24. The van der Waals surface area contributed by atoms with Crippen LogP contribution in [-0.2, 0) is 11.0 Å². The van der Waals surface area contributed by atoms with E-state index in [1.807, 2.05) is 4.90 Å². The third-order valence-corrected chi connectivity index (χ3v) is 5.71. The van der Waals surface area contributed by atoms with Crippen molar-refractivity contribution in [2.24, 2.45) is 5.41 Å². The van der Waals surface area contributed by atoms with E-state index in [0.717, 1.165) is 18.9 Å². The van der Waals surface area contributed by atoms with Crippen LogP contribution in [0.25, 0.3) is 0 Å². The van der Waals surface area contributed by atoms with Gasteiger partial charge in [0.05, 0.1) is 11.3 Å². The van der Waals surface area contributed by atoms with Crippen molar-refractivity contribution in [3.05, 3.63) is 53.2 Å². The molecule has 1 aliphatic heterocycles. The Labute approximate surface area is 179 Å². The van der Waals surface area contributed by atoms with Crippen LogP contribution in [0, 0.1) is 10.8 Å². The van der Waals surface area contributed by atoms with E-state index in [1.165, 1.54) is 19.1 Å². The number of pyridine rings is 1. The van der Waals surface area contributed by atoms with Gasteiger partial charge < -0.3 is 16.0 Å². The number of hydrogen-bond acceptors (Lipinski definition) is 5. The van der Waals surface area contributed by atoms with E-state index in [1.54, 1.807) is 18.2 Å². The van der Waals surface area contributed by atoms with Crippen LogP contribution < -0.4 is 16.0 Å². The predicted molar refractivity (Wildman–Crippen MR) is 114 cm³/mol. The summed E-state index contributed by atoms with van der Waals surface area (Å²) < 4.78 is 40.9. The normalized spacial score (nSPS) is 16.1. The number of carbonyl (C=O) groups excluding carboxylic acids is 1. The molecule has 4 N–H and O–H groups in total. The second kappa shape index (κ2) is 8.56. The van der Waals surface area contributed by atoms with Gasteiger partial charge in [0.2, 0.25) is 5.91 Å². The summed E-state index contributed by atoms with van der Waals surface area (Å²) in [5.41, 5.74) is 4.48. The van der Waals surface area contributed by atoms with E-state index in [0.29, 0.717) is 25.5 Å². The lowest BCUT2D eigenvalue weighted by molar-refractivity contribution is -0.138. The Morgan fingerprint density at radius 1 is 1.23 bits per heavy atom. The molecular formula is C22H26F3N5O. The van der Waals surface area contributed by atoms with E-state index >= 15 is 0 Å². The zero-order valence-electron chi connectivity index (χ0n) is 17.5. The quantitative estimate of drug-likeness (QED) is 0.493. The maximum absolute atomic E-state index is 13.6. The smallest absolute Gasteiger partial charge is 0.398 e. The number of hydrogen-bond donors (Lipinski definition) is 3. The fraction of sp³-hybridized carbons (Fsp3) is 0.409. The van der Waals surface area contributed by atoms with E-state index in [-0.39, 0.29) is 28.3 Å². The first-order chi connectivity index (χ1) is 14.5. The van der Waals surface area contributed by atoms with Crippen molar-refractivity contribution in [1.82, 2.24) is 10.3 Å². The molecule has 1 fully saturated rings. The highest BCUT2D eigenvalue weighted by atomic mass is 19.4. The van der Waals surface area contributed by atoms with Crippen molar-refractivity contribution >= 4 is 23.1 Å². The van der Waals surface area contributed by atoms with E-state index < -0.39 is 17.4 Å². The standard InChI is InChI=1S/C22H26F3N5O/c1-14(31)28-13-21(2)9-11-30(12-10-21)18-8-7-16(22(23,24)25)20(29-18)19(27)15-5-3-4-6-17(15)26/h3-8,27H,9-13,26H2,1-2H3,(H,28,31). The van der Waals surface area contributed by atoms with Gasteiger partial charge in [-0.25, -0.2) is 4.98 Å². The van der Waals surface area contributed by atoms with E-state index in [2.05, 4.69) is 17.2 Å². The topological polar surface area (TPSA) is 95.1 Å². The van der Waals surface area contributed by atoms with Gasteiger partial charge in [0, 0.05) is 37.8 Å². The highest BCUT2D eigenvalue weighted by Gasteiger charge is 2.37. The van der Waals surface area contributed by atoms with Crippen molar-refractivity contribution < 1.29 is 18.0 Å². The second-order valence-corrected chi connectivity index (χ2v) is 8.23. The van der Waals surface area contributed by atoms with Gasteiger partial charge in [-0.05, 0) is 36.5 Å². The molecule has 1 aromatic carbocycles. The van der Waals surface area contributed by atoms with Crippen LogP contribution in [0.1, 0.15) is 43.5 Å². The number of alkyl halides is 3. The average Bonchev–Trinajstić information content (AvgIpc) is 2.72. The molecule has 0 bridgehead atoms. The molecule has 1 amide bonds. The summed E-state index contributed by atoms with van der Waals surface area (Å²) in [4.78, 5) is 17.4. The molecule has 1 aromatic heterocycles. The largest absolute Gasteiger partial charge is 0.418 e. The van der Waals surface area contributed by atoms with Gasteiger partial charge in [-0.15, -0.1) is 0 Å². The number of piperidine rings is 1. The molecule has 1 saturated heterocycles. The first-order valence-corrected chi connectivity index (χ1v) is 10.0. The summed E-state index contributed by atoms with van der Waals surface area (Å²) in [5, 5.41) is 11.2. The first kappa shape index (κ1) is 22.6. The first-order valence-electron chi connectivity index (χ1n) is 10.0. The van der Waals surface area contributed by atoms with E-state index in [4.69, 9.17) is 11.1 Å². The minimum atomic E-state index is -4.64. The van der Waals surface area contributed by atoms with Crippen molar-refractivity contribution in [2.75, 3.05) is 30.3 Å². The third-order valence-electron chi connectivity index (χ3n) is 5.71. The zero-order chi connectivity index (χ0) is 22.8. The number of carbonyl (C=O) groups is 1. The highest BCUT2D eigenvalue weighted by molar-refractivity contribution is 6.13. The van der Waals surface area contributed by atoms with Gasteiger partial charge >= 0.3 is 6.18 Å². The fourth-order valence-electron chi connectivity index (χ4n) is 3.69. The van der Waals surface area contributed by atoms with Crippen molar-refractivity contribution in [3.8, 4) is 0 Å². The Bertz CT molecular complexity index is 981. The van der Waals surface area contributed by atoms with Crippen LogP contribution >= 0.6 is 0 Å². The minimum Gasteiger partial charge on any atom is -0.398 e. The number of nitrogens with one attached hydrogen (secondary N) is 2. The van der Waals surface area contributed by atoms with Crippen LogP contribution in [0.4, 0.5) is 24.7 Å². The number of nitrogens with zero attached hydrogens (tertiary/aromatic N) is 2. The van der Waals surface area contributed by atoms with Crippen LogP contribution in [0.2, 0.25) is 0 Å². The number of nitrogens with two attached hydrogens (primary N) is 1. The number of benzene rings is 1. The van der Waals surface area contributed by atoms with E-state index in [9.17, 15) is 18.0 Å². The van der Waals surface area contributed by atoms with Gasteiger partial charge in [-0.3, -0.25) is 10.2 Å². The number of nitrogen functional groups attached to an aromatic ring is 1. The lowest BCUT2D eigenvalue weighted by Gasteiger charge is -2.40. The van der Waals surface area contributed by atoms with Crippen molar-refractivity contribution in [2.45, 2.75) is 32.9 Å². The number of anilines is 2. The Morgan fingerprint density at radius 3 is 2.45 bits per heavy atom. The molecule has 0 saturated carbocycles. The van der Waals surface area contributed by atoms with Crippen molar-refractivity contribution in [1.29, 1.82) is 5.41 Å². The number of halogens is 3. The molecule has 0 atom stereocenters. The average molecular weight is 433 g/mol. The van der Waals surface area contributed by atoms with Crippen LogP contribution in [0.5, 0.6) is 0 Å². The van der Waals surface area contributed by atoms with Crippen molar-refractivity contribution in [3.63, 3.8) is 0 Å². The number of para-hydroxylation sites is 1. The number of aromatic nitrogens is 1. The summed E-state index contributed by atoms with van der Waals surface area (Å²) >= 11 is 0. The molecule has 6 nitrogen and oxygen atoms in total. The van der Waals surface area contributed by atoms with Gasteiger partial charge in [-0.1, -0.05) is 25.1 Å². The summed E-state index contributed by atoms with van der Waals surface area (Å²) in [7, 11) is 0. The molecule has 31 heavy (non-hydrogen) atoms. The van der Waals surface area contributed by atoms with Crippen LogP contribution in [0.15, 0.2) is 36.4 Å². The van der Waals surface area contributed by atoms with Gasteiger partial charge in [0.25, 0.3) is 0 Å². The molecule has 0 spiro atoms. The molecule has 2 aromatic rings. The Balaban J connectivity index is 1.89. The van der Waals surface area contributed by atoms with Gasteiger partial charge in [-0.2, -0.15) is 13.2 Å². The molecule has 0 unspecified atom stereocenters. The summed E-state index contributed by atoms with van der Waals surface area (Å²) in [6.45, 7) is 5.30. The second-order valence-electron chi connectivity index (χ2n) is 8.23. The predicted octanol–water partition coefficient (Wildman–Crippen LogP) is 3.84. The van der Waals surface area contributed by atoms with Crippen LogP contribution in [0.3, 0.4) is 0 Å². The van der Waals surface area contributed by atoms with Gasteiger partial charge in [0.1, 0.15) is 11.5 Å². The highest BCUT2D eigenvalue weighted by Crippen LogP contribution is 2.36. The third kappa shape index (κ3) is 5.15. The summed E-state index contributed by atoms with van der Waals surface area (Å²) in [6, 6.07) is 8.67. The maximum Gasteiger partial charge on any atom is 0.418 e. The molecule has 166 valence electrons. The molecule has 1 aliphatic rings. The number of amides is 1. The summed E-state index contributed by atoms with van der Waals surface area (Å²) in [5.74, 6) is 0.306. The summed E-state index contributed by atoms with van der Waals surface area (Å²) in [6.07, 6.45) is -3.13. The lowest BCUT2D eigenvalue weighted by Crippen LogP contribution is -2.44. The molecule has 3 rings (SSSR count).